The molecular weight excluding hydrogens is 405 g/mol. The molecule has 3 nitrogen and oxygen atoms in total. The molecule has 0 aliphatic carbocycles. The Morgan fingerprint density at radius 1 is 0.828 bits per heavy atom. The van der Waals surface area contributed by atoms with Gasteiger partial charge in [0, 0.05) is 23.7 Å². The quantitative estimate of drug-likeness (QED) is 0.428. The van der Waals surface area contributed by atoms with Gasteiger partial charge in [-0.05, 0) is 43.2 Å². The zero-order valence-corrected chi connectivity index (χ0v) is 18.4. The van der Waals surface area contributed by atoms with Gasteiger partial charge in [0.15, 0.2) is 11.5 Å². The van der Waals surface area contributed by atoms with E-state index in [0.29, 0.717) is 19.8 Å². The van der Waals surface area contributed by atoms with Crippen molar-refractivity contribution in [3.8, 4) is 11.5 Å². The molecule has 0 amide bonds. The van der Waals surface area contributed by atoms with Crippen LogP contribution in [0.15, 0.2) is 66.7 Å². The first-order chi connectivity index (χ1) is 13.7. The molecule has 154 valence electrons. The largest absolute Gasteiger partial charge is 0.490 e. The van der Waals surface area contributed by atoms with Crippen molar-refractivity contribution >= 4 is 24.0 Å². The molecular formula is C24H27Cl2NO2. The van der Waals surface area contributed by atoms with Crippen LogP contribution in [0.2, 0.25) is 5.02 Å². The molecule has 0 heterocycles. The van der Waals surface area contributed by atoms with E-state index >= 15 is 0 Å². The van der Waals surface area contributed by atoms with Crippen LogP contribution in [0.3, 0.4) is 0 Å². The fraction of sp³-hybridized carbons (Fsp3) is 0.250. The van der Waals surface area contributed by atoms with Crippen LogP contribution >= 0.6 is 24.0 Å². The minimum absolute atomic E-state index is 0. The third-order valence-electron chi connectivity index (χ3n) is 4.42. The van der Waals surface area contributed by atoms with E-state index in [1.165, 1.54) is 11.1 Å². The van der Waals surface area contributed by atoms with Crippen LogP contribution in [-0.2, 0) is 19.7 Å². The smallest absolute Gasteiger partial charge is 0.166 e. The lowest BCUT2D eigenvalue weighted by atomic mass is 10.1. The standard InChI is InChI=1S/C24H26ClNO2.ClH/c1-3-27-23-6-4-5-21(16-26-15-19-9-7-18(2)8-10-19)24(23)28-17-20-11-13-22(25)14-12-20;/h4-14,26H,3,15-17H2,1-2H3;1H. The summed E-state index contributed by atoms with van der Waals surface area (Å²) in [4.78, 5) is 0. The van der Waals surface area contributed by atoms with Gasteiger partial charge in [-0.15, -0.1) is 12.4 Å². The first kappa shape index (κ1) is 23.1. The Bertz CT molecular complexity index is 880. The molecule has 29 heavy (non-hydrogen) atoms. The Kier molecular flexibility index (Phi) is 9.33. The number of ether oxygens (including phenoxy) is 2. The molecule has 1 N–H and O–H groups in total. The van der Waals surface area contributed by atoms with Crippen LogP contribution in [0.5, 0.6) is 11.5 Å². The van der Waals surface area contributed by atoms with E-state index < -0.39 is 0 Å². The predicted octanol–water partition coefficient (Wildman–Crippen LogP) is 6.34. The predicted molar refractivity (Wildman–Crippen MR) is 122 cm³/mol. The van der Waals surface area contributed by atoms with Crippen LogP contribution in [0.1, 0.15) is 29.2 Å². The second-order valence-electron chi connectivity index (χ2n) is 6.68. The van der Waals surface area contributed by atoms with Crippen molar-refractivity contribution in [3.05, 3.63) is 94.0 Å². The summed E-state index contributed by atoms with van der Waals surface area (Å²) in [5.74, 6) is 1.56. The van der Waals surface area contributed by atoms with Gasteiger partial charge < -0.3 is 14.8 Å². The molecule has 3 rings (SSSR count). The van der Waals surface area contributed by atoms with Crippen LogP contribution in [-0.4, -0.2) is 6.61 Å². The molecule has 0 fully saturated rings. The zero-order valence-electron chi connectivity index (χ0n) is 16.8. The molecule has 3 aromatic carbocycles. The Morgan fingerprint density at radius 3 is 2.21 bits per heavy atom. The molecule has 0 radical (unpaired) electrons. The number of hydrogen-bond donors (Lipinski definition) is 1. The van der Waals surface area contributed by atoms with Crippen LogP contribution in [0.25, 0.3) is 0 Å². The van der Waals surface area contributed by atoms with Crippen LogP contribution in [0, 0.1) is 6.92 Å². The Balaban J connectivity index is 0.00000300. The first-order valence-electron chi connectivity index (χ1n) is 9.54. The number of rotatable bonds is 9. The second kappa shape index (κ2) is 11.7. The molecule has 0 saturated carbocycles. The molecule has 0 aliphatic rings. The number of hydrogen-bond acceptors (Lipinski definition) is 3. The maximum absolute atomic E-state index is 6.16. The molecule has 0 aliphatic heterocycles. The van der Waals surface area contributed by atoms with E-state index in [1.54, 1.807) is 0 Å². The Hall–Kier alpha value is -2.20. The van der Waals surface area contributed by atoms with E-state index in [1.807, 2.05) is 43.3 Å². The summed E-state index contributed by atoms with van der Waals surface area (Å²) >= 11 is 5.97. The minimum atomic E-state index is 0. The third kappa shape index (κ3) is 6.97. The van der Waals surface area contributed by atoms with Crippen molar-refractivity contribution in [2.45, 2.75) is 33.5 Å². The van der Waals surface area contributed by atoms with Crippen LogP contribution in [0.4, 0.5) is 0 Å². The highest BCUT2D eigenvalue weighted by Gasteiger charge is 2.11. The highest BCUT2D eigenvalue weighted by Crippen LogP contribution is 2.32. The van der Waals surface area contributed by atoms with Crippen molar-refractivity contribution in [1.82, 2.24) is 5.32 Å². The summed E-state index contributed by atoms with van der Waals surface area (Å²) in [6, 6.07) is 22.3. The summed E-state index contributed by atoms with van der Waals surface area (Å²) in [6.45, 7) is 6.64. The molecule has 0 aromatic heterocycles. The van der Waals surface area contributed by atoms with E-state index in [0.717, 1.165) is 34.2 Å². The van der Waals surface area contributed by atoms with Gasteiger partial charge in [-0.1, -0.05) is 65.7 Å². The number of benzene rings is 3. The molecule has 5 heteroatoms. The monoisotopic (exact) mass is 431 g/mol. The van der Waals surface area contributed by atoms with Gasteiger partial charge in [-0.25, -0.2) is 0 Å². The third-order valence-corrected chi connectivity index (χ3v) is 4.67. The van der Waals surface area contributed by atoms with Crippen molar-refractivity contribution in [2.75, 3.05) is 6.61 Å². The van der Waals surface area contributed by atoms with E-state index in [-0.39, 0.29) is 12.4 Å². The summed E-state index contributed by atoms with van der Waals surface area (Å²) in [5, 5.41) is 4.22. The van der Waals surface area contributed by atoms with E-state index in [2.05, 4.69) is 42.6 Å². The Morgan fingerprint density at radius 2 is 1.52 bits per heavy atom. The summed E-state index contributed by atoms with van der Waals surface area (Å²) in [7, 11) is 0. The van der Waals surface area contributed by atoms with Gasteiger partial charge in [-0.3, -0.25) is 0 Å². The summed E-state index contributed by atoms with van der Waals surface area (Å²) in [6.07, 6.45) is 0. The number of para-hydroxylation sites is 1. The fourth-order valence-electron chi connectivity index (χ4n) is 2.92. The second-order valence-corrected chi connectivity index (χ2v) is 7.12. The number of aryl methyl sites for hydroxylation is 1. The number of nitrogens with one attached hydrogen (secondary N) is 1. The minimum Gasteiger partial charge on any atom is -0.490 e. The van der Waals surface area contributed by atoms with Crippen molar-refractivity contribution < 1.29 is 9.47 Å². The highest BCUT2D eigenvalue weighted by molar-refractivity contribution is 6.30. The maximum Gasteiger partial charge on any atom is 0.166 e. The lowest BCUT2D eigenvalue weighted by Gasteiger charge is -2.16. The van der Waals surface area contributed by atoms with E-state index in [4.69, 9.17) is 21.1 Å². The van der Waals surface area contributed by atoms with E-state index in [9.17, 15) is 0 Å². The SMILES string of the molecule is CCOc1cccc(CNCc2ccc(C)cc2)c1OCc1ccc(Cl)cc1.Cl. The van der Waals surface area contributed by atoms with Gasteiger partial charge in [0.1, 0.15) is 6.61 Å². The maximum atomic E-state index is 6.16. The first-order valence-corrected chi connectivity index (χ1v) is 9.91. The van der Waals surface area contributed by atoms with Crippen molar-refractivity contribution in [1.29, 1.82) is 0 Å². The molecule has 0 atom stereocenters. The van der Waals surface area contributed by atoms with Gasteiger partial charge in [0.2, 0.25) is 0 Å². The highest BCUT2D eigenvalue weighted by atomic mass is 35.5. The molecule has 0 unspecified atom stereocenters. The normalized spacial score (nSPS) is 10.3. The summed E-state index contributed by atoms with van der Waals surface area (Å²) < 4.78 is 11.9. The van der Waals surface area contributed by atoms with Crippen molar-refractivity contribution in [3.63, 3.8) is 0 Å². The lowest BCUT2D eigenvalue weighted by molar-refractivity contribution is 0.266. The average molecular weight is 432 g/mol. The Labute approximate surface area is 184 Å². The summed E-state index contributed by atoms with van der Waals surface area (Å²) in [5.41, 5.74) is 4.67. The zero-order chi connectivity index (χ0) is 19.8. The topological polar surface area (TPSA) is 30.5 Å². The lowest BCUT2D eigenvalue weighted by Crippen LogP contribution is -2.14. The van der Waals surface area contributed by atoms with Crippen molar-refractivity contribution in [2.24, 2.45) is 0 Å². The fourth-order valence-corrected chi connectivity index (χ4v) is 3.04. The van der Waals surface area contributed by atoms with Gasteiger partial charge >= 0.3 is 0 Å². The van der Waals surface area contributed by atoms with Gasteiger partial charge in [0.25, 0.3) is 0 Å². The molecule has 0 saturated heterocycles. The molecule has 0 spiro atoms. The average Bonchev–Trinajstić information content (AvgIpc) is 2.70. The van der Waals surface area contributed by atoms with Gasteiger partial charge in [0.05, 0.1) is 6.61 Å². The number of halogens is 2. The van der Waals surface area contributed by atoms with Gasteiger partial charge in [-0.2, -0.15) is 0 Å². The molecule has 3 aromatic rings. The molecule has 0 bridgehead atoms. The van der Waals surface area contributed by atoms with Crippen LogP contribution < -0.4 is 14.8 Å².